The highest BCUT2D eigenvalue weighted by molar-refractivity contribution is 6.03. The van der Waals surface area contributed by atoms with Crippen molar-refractivity contribution in [2.24, 2.45) is 4.99 Å². The summed E-state index contributed by atoms with van der Waals surface area (Å²) in [6, 6.07) is 6.43. The maximum absolute atomic E-state index is 13.7. The number of fused-ring (bicyclic) bond motifs is 1. The van der Waals surface area contributed by atoms with Crippen molar-refractivity contribution in [2.45, 2.75) is 58.4 Å². The Bertz CT molecular complexity index is 1130. The molecule has 1 fully saturated rings. The number of amides is 2. The molecular formula is C24H30FN7O. The second-order valence-electron chi connectivity index (χ2n) is 8.52. The SMILES string of the molecule is Cc1cc(C)nc(NC(=NCCc2c[nH]c3ccc(F)cc23)NC(=O)NC2CCCCC2)n1. The normalized spacial score (nSPS) is 14.9. The second-order valence-corrected chi connectivity index (χ2v) is 8.52. The number of halogens is 1. The van der Waals surface area contributed by atoms with Gasteiger partial charge in [-0.25, -0.2) is 19.2 Å². The monoisotopic (exact) mass is 451 g/mol. The Balaban J connectivity index is 1.47. The van der Waals surface area contributed by atoms with Crippen molar-refractivity contribution >= 4 is 28.8 Å². The summed E-state index contributed by atoms with van der Waals surface area (Å²) >= 11 is 0. The summed E-state index contributed by atoms with van der Waals surface area (Å²) in [7, 11) is 0. The third-order valence-corrected chi connectivity index (χ3v) is 5.77. The first-order valence-electron chi connectivity index (χ1n) is 11.4. The van der Waals surface area contributed by atoms with E-state index in [9.17, 15) is 9.18 Å². The molecule has 174 valence electrons. The topological polar surface area (TPSA) is 107 Å². The van der Waals surface area contributed by atoms with Gasteiger partial charge < -0.3 is 10.3 Å². The number of anilines is 1. The summed E-state index contributed by atoms with van der Waals surface area (Å²) in [4.78, 5) is 29.1. The molecule has 1 saturated carbocycles. The number of nitrogens with one attached hydrogen (secondary N) is 4. The van der Waals surface area contributed by atoms with Crippen molar-refractivity contribution in [1.82, 2.24) is 25.6 Å². The van der Waals surface area contributed by atoms with E-state index in [0.717, 1.165) is 53.5 Å². The standard InChI is InChI=1S/C24H30FN7O/c1-15-12-16(2)29-23(28-15)31-22(32-24(33)30-19-6-4-3-5-7-19)26-11-10-17-14-27-21-9-8-18(25)13-20(17)21/h8-9,12-14,19,27H,3-7,10-11H2,1-2H3,(H3,26,28,29,30,31,32,33). The van der Waals surface area contributed by atoms with Gasteiger partial charge in [0.15, 0.2) is 0 Å². The molecule has 2 aromatic heterocycles. The minimum absolute atomic E-state index is 0.179. The average Bonchev–Trinajstić information content (AvgIpc) is 3.15. The second kappa shape index (κ2) is 10.4. The first-order valence-corrected chi connectivity index (χ1v) is 11.4. The summed E-state index contributed by atoms with van der Waals surface area (Å²) in [6.07, 6.45) is 7.90. The van der Waals surface area contributed by atoms with Crippen LogP contribution in [0.2, 0.25) is 0 Å². The fourth-order valence-electron chi connectivity index (χ4n) is 4.22. The van der Waals surface area contributed by atoms with E-state index in [0.29, 0.717) is 18.9 Å². The van der Waals surface area contributed by atoms with Crippen LogP contribution in [0.1, 0.15) is 49.1 Å². The molecule has 4 N–H and O–H groups in total. The van der Waals surface area contributed by atoms with Crippen LogP contribution >= 0.6 is 0 Å². The number of hydrogen-bond acceptors (Lipinski definition) is 4. The van der Waals surface area contributed by atoms with Crippen LogP contribution in [0.5, 0.6) is 0 Å². The number of hydrogen-bond donors (Lipinski definition) is 4. The van der Waals surface area contributed by atoms with Gasteiger partial charge in [0.05, 0.1) is 0 Å². The number of aromatic nitrogens is 3. The van der Waals surface area contributed by atoms with Gasteiger partial charge in [0.1, 0.15) is 5.82 Å². The lowest BCUT2D eigenvalue weighted by Gasteiger charge is -2.23. The minimum atomic E-state index is -0.299. The lowest BCUT2D eigenvalue weighted by atomic mass is 9.96. The number of benzene rings is 1. The number of nitrogens with zero attached hydrogens (tertiary/aromatic N) is 3. The zero-order valence-electron chi connectivity index (χ0n) is 19.0. The molecule has 1 aliphatic rings. The Labute approximate surface area is 192 Å². The smallest absolute Gasteiger partial charge is 0.321 e. The maximum atomic E-state index is 13.7. The maximum Gasteiger partial charge on any atom is 0.321 e. The number of H-pyrrole nitrogens is 1. The number of guanidine groups is 1. The van der Waals surface area contributed by atoms with Crippen LogP contribution in [0, 0.1) is 19.7 Å². The highest BCUT2D eigenvalue weighted by atomic mass is 19.1. The lowest BCUT2D eigenvalue weighted by Crippen LogP contribution is -2.47. The molecule has 0 spiro atoms. The summed E-state index contributed by atoms with van der Waals surface area (Å²) in [5.74, 6) is 0.375. The van der Waals surface area contributed by atoms with Gasteiger partial charge in [-0.05, 0) is 62.9 Å². The van der Waals surface area contributed by atoms with Crippen molar-refractivity contribution in [3.8, 4) is 0 Å². The van der Waals surface area contributed by atoms with Gasteiger partial charge in [0.2, 0.25) is 11.9 Å². The average molecular weight is 452 g/mol. The van der Waals surface area contributed by atoms with Crippen molar-refractivity contribution in [3.63, 3.8) is 0 Å². The quantitative estimate of drug-likeness (QED) is 0.342. The molecule has 8 nitrogen and oxygen atoms in total. The van der Waals surface area contributed by atoms with E-state index >= 15 is 0 Å². The Morgan fingerprint density at radius 3 is 2.67 bits per heavy atom. The molecule has 0 unspecified atom stereocenters. The third-order valence-electron chi connectivity index (χ3n) is 5.77. The number of carbonyl (C=O) groups is 1. The fraction of sp³-hybridized carbons (Fsp3) is 0.417. The van der Waals surface area contributed by atoms with E-state index in [2.05, 4.69) is 35.9 Å². The Morgan fingerprint density at radius 1 is 1.15 bits per heavy atom. The van der Waals surface area contributed by atoms with Crippen LogP contribution in [-0.2, 0) is 6.42 Å². The molecule has 4 rings (SSSR count). The van der Waals surface area contributed by atoms with E-state index in [4.69, 9.17) is 0 Å². The highest BCUT2D eigenvalue weighted by Crippen LogP contribution is 2.20. The first kappa shape index (κ1) is 22.7. The van der Waals surface area contributed by atoms with Crippen molar-refractivity contribution in [1.29, 1.82) is 0 Å². The molecule has 2 heterocycles. The summed E-state index contributed by atoms with van der Waals surface area (Å²) in [5.41, 5.74) is 3.47. The van der Waals surface area contributed by atoms with Crippen molar-refractivity contribution in [3.05, 3.63) is 53.2 Å². The minimum Gasteiger partial charge on any atom is -0.361 e. The van der Waals surface area contributed by atoms with Crippen LogP contribution in [0.25, 0.3) is 10.9 Å². The van der Waals surface area contributed by atoms with Gasteiger partial charge >= 0.3 is 6.03 Å². The van der Waals surface area contributed by atoms with Crippen LogP contribution in [-0.4, -0.2) is 39.5 Å². The van der Waals surface area contributed by atoms with Gasteiger partial charge in [-0.3, -0.25) is 15.6 Å². The molecule has 1 aliphatic carbocycles. The Morgan fingerprint density at radius 2 is 1.91 bits per heavy atom. The molecule has 3 aromatic rings. The number of aliphatic imine (C=N–C) groups is 1. The van der Waals surface area contributed by atoms with E-state index in [1.165, 1.54) is 18.6 Å². The summed E-state index contributed by atoms with van der Waals surface area (Å²) in [6.45, 7) is 4.16. The van der Waals surface area contributed by atoms with Crippen LogP contribution < -0.4 is 16.0 Å². The zero-order valence-corrected chi connectivity index (χ0v) is 19.0. The van der Waals surface area contributed by atoms with E-state index in [1.807, 2.05) is 26.1 Å². The number of aryl methyl sites for hydroxylation is 2. The molecule has 0 aliphatic heterocycles. The lowest BCUT2D eigenvalue weighted by molar-refractivity contribution is 0.237. The molecule has 9 heteroatoms. The fourth-order valence-corrected chi connectivity index (χ4v) is 4.22. The molecule has 0 saturated heterocycles. The number of urea groups is 1. The summed E-state index contributed by atoms with van der Waals surface area (Å²) in [5, 5.41) is 9.73. The molecule has 33 heavy (non-hydrogen) atoms. The van der Waals surface area contributed by atoms with Crippen LogP contribution in [0.4, 0.5) is 15.1 Å². The summed E-state index contributed by atoms with van der Waals surface area (Å²) < 4.78 is 13.7. The van der Waals surface area contributed by atoms with Crippen molar-refractivity contribution in [2.75, 3.05) is 11.9 Å². The van der Waals surface area contributed by atoms with Gasteiger partial charge in [0.25, 0.3) is 0 Å². The molecule has 0 radical (unpaired) electrons. The number of rotatable bonds is 5. The molecular weight excluding hydrogens is 421 g/mol. The van der Waals surface area contributed by atoms with Gasteiger partial charge in [-0.1, -0.05) is 19.3 Å². The predicted octanol–water partition coefficient (Wildman–Crippen LogP) is 4.36. The molecule has 2 amide bonds. The number of carbonyl (C=O) groups excluding carboxylic acids is 1. The zero-order chi connectivity index (χ0) is 23.2. The molecule has 0 bridgehead atoms. The van der Waals surface area contributed by atoms with Crippen LogP contribution in [0.15, 0.2) is 35.5 Å². The van der Waals surface area contributed by atoms with Crippen LogP contribution in [0.3, 0.4) is 0 Å². The Kier molecular flexibility index (Phi) is 7.16. The van der Waals surface area contributed by atoms with E-state index < -0.39 is 0 Å². The molecule has 0 atom stereocenters. The van der Waals surface area contributed by atoms with Gasteiger partial charge in [-0.2, -0.15) is 0 Å². The highest BCUT2D eigenvalue weighted by Gasteiger charge is 2.17. The number of aromatic amines is 1. The largest absolute Gasteiger partial charge is 0.361 e. The van der Waals surface area contributed by atoms with E-state index in [1.54, 1.807) is 6.07 Å². The predicted molar refractivity (Wildman–Crippen MR) is 128 cm³/mol. The van der Waals surface area contributed by atoms with Crippen molar-refractivity contribution < 1.29 is 9.18 Å². The van der Waals surface area contributed by atoms with Gasteiger partial charge in [0, 0.05) is 41.1 Å². The third kappa shape index (κ3) is 6.27. The van der Waals surface area contributed by atoms with Gasteiger partial charge in [-0.15, -0.1) is 0 Å². The van der Waals surface area contributed by atoms with E-state index in [-0.39, 0.29) is 23.8 Å². The molecule has 1 aromatic carbocycles. The Hall–Kier alpha value is -3.49. The first-order chi connectivity index (χ1) is 16.0.